The Hall–Kier alpha value is -0.410. The number of halogens is 1. The van der Waals surface area contributed by atoms with Crippen LogP contribution in [0.1, 0.15) is 38.3 Å². The molecule has 0 amide bonds. The molecule has 1 aromatic heterocycles. The molecule has 0 saturated heterocycles. The summed E-state index contributed by atoms with van der Waals surface area (Å²) in [5.74, 6) is 1.30. The normalized spacial score (nSPS) is 26.1. The lowest BCUT2D eigenvalue weighted by Gasteiger charge is -2.17. The fourth-order valence-corrected chi connectivity index (χ4v) is 2.98. The van der Waals surface area contributed by atoms with Crippen molar-refractivity contribution in [2.45, 2.75) is 45.1 Å². The number of aromatic nitrogens is 1. The molecule has 0 radical (unpaired) electrons. The van der Waals surface area contributed by atoms with Crippen LogP contribution in [0.3, 0.4) is 0 Å². The van der Waals surface area contributed by atoms with Gasteiger partial charge in [0.25, 0.3) is 0 Å². The minimum atomic E-state index is -0.222. The molecule has 3 unspecified atom stereocenters. The molecule has 2 rings (SSSR count). The molecule has 1 fully saturated rings. The maximum Gasteiger partial charge on any atom is 0.0623 e. The van der Waals surface area contributed by atoms with E-state index in [1.807, 2.05) is 12.1 Å². The van der Waals surface area contributed by atoms with E-state index in [-0.39, 0.29) is 6.10 Å². The highest BCUT2D eigenvalue weighted by atomic mass is 79.9. The van der Waals surface area contributed by atoms with Gasteiger partial charge in [-0.25, -0.2) is 0 Å². The minimum absolute atomic E-state index is 0.222. The Labute approximate surface area is 112 Å². The molecule has 3 heteroatoms. The molecule has 0 bridgehead atoms. The van der Waals surface area contributed by atoms with E-state index < -0.39 is 0 Å². The SMILES string of the molecule is CCC1CCC(C(O)Cc2ccc(Br)cn2)C1. The minimum Gasteiger partial charge on any atom is -0.392 e. The quantitative estimate of drug-likeness (QED) is 0.921. The van der Waals surface area contributed by atoms with Gasteiger partial charge in [-0.15, -0.1) is 0 Å². The molecule has 1 aromatic rings. The third-order valence-corrected chi connectivity index (χ3v) is 4.38. The van der Waals surface area contributed by atoms with E-state index in [1.54, 1.807) is 6.20 Å². The molecule has 94 valence electrons. The Kier molecular flexibility index (Phi) is 4.57. The van der Waals surface area contributed by atoms with Crippen LogP contribution >= 0.6 is 15.9 Å². The van der Waals surface area contributed by atoms with Crippen molar-refractivity contribution in [3.8, 4) is 0 Å². The van der Waals surface area contributed by atoms with Crippen LogP contribution in [-0.4, -0.2) is 16.2 Å². The Morgan fingerprint density at radius 3 is 2.88 bits per heavy atom. The van der Waals surface area contributed by atoms with Crippen LogP contribution in [0.15, 0.2) is 22.8 Å². The van der Waals surface area contributed by atoms with E-state index in [2.05, 4.69) is 27.8 Å². The predicted molar refractivity (Wildman–Crippen MR) is 72.8 cm³/mol. The van der Waals surface area contributed by atoms with Gasteiger partial charge in [-0.3, -0.25) is 4.98 Å². The highest BCUT2D eigenvalue weighted by Crippen LogP contribution is 2.35. The first-order chi connectivity index (χ1) is 8.19. The second kappa shape index (κ2) is 5.96. The zero-order valence-electron chi connectivity index (χ0n) is 10.3. The molecule has 2 nitrogen and oxygen atoms in total. The zero-order chi connectivity index (χ0) is 12.3. The number of aliphatic hydroxyl groups excluding tert-OH is 1. The van der Waals surface area contributed by atoms with Crippen molar-refractivity contribution in [2.75, 3.05) is 0 Å². The lowest BCUT2D eigenvalue weighted by atomic mass is 9.95. The highest BCUT2D eigenvalue weighted by molar-refractivity contribution is 9.10. The van der Waals surface area contributed by atoms with Gasteiger partial charge in [0, 0.05) is 22.8 Å². The van der Waals surface area contributed by atoms with Crippen molar-refractivity contribution in [3.63, 3.8) is 0 Å². The van der Waals surface area contributed by atoms with Gasteiger partial charge in [-0.1, -0.05) is 19.8 Å². The molecule has 0 spiro atoms. The monoisotopic (exact) mass is 297 g/mol. The summed E-state index contributed by atoms with van der Waals surface area (Å²) in [5, 5.41) is 10.2. The third kappa shape index (κ3) is 3.52. The molecule has 1 aliphatic rings. The second-order valence-electron chi connectivity index (χ2n) is 5.09. The summed E-state index contributed by atoms with van der Waals surface area (Å²) in [6, 6.07) is 3.97. The molecule has 1 saturated carbocycles. The van der Waals surface area contributed by atoms with Crippen LogP contribution in [0, 0.1) is 11.8 Å². The van der Waals surface area contributed by atoms with E-state index in [9.17, 15) is 5.11 Å². The summed E-state index contributed by atoms with van der Waals surface area (Å²) >= 11 is 3.37. The van der Waals surface area contributed by atoms with Crippen LogP contribution < -0.4 is 0 Å². The number of hydrogen-bond acceptors (Lipinski definition) is 2. The largest absolute Gasteiger partial charge is 0.392 e. The van der Waals surface area contributed by atoms with Gasteiger partial charge >= 0.3 is 0 Å². The van der Waals surface area contributed by atoms with E-state index in [0.29, 0.717) is 12.3 Å². The van der Waals surface area contributed by atoms with Gasteiger partial charge in [0.1, 0.15) is 0 Å². The van der Waals surface area contributed by atoms with Crippen LogP contribution in [0.2, 0.25) is 0 Å². The molecule has 0 aromatic carbocycles. The van der Waals surface area contributed by atoms with E-state index in [4.69, 9.17) is 0 Å². The highest BCUT2D eigenvalue weighted by Gasteiger charge is 2.28. The Bertz CT molecular complexity index is 352. The van der Waals surface area contributed by atoms with Crippen LogP contribution in [0.5, 0.6) is 0 Å². The molecule has 1 N–H and O–H groups in total. The maximum absolute atomic E-state index is 10.2. The Balaban J connectivity index is 1.89. The Morgan fingerprint density at radius 2 is 2.29 bits per heavy atom. The Morgan fingerprint density at radius 1 is 1.47 bits per heavy atom. The van der Waals surface area contributed by atoms with E-state index >= 15 is 0 Å². The van der Waals surface area contributed by atoms with Crippen molar-refractivity contribution in [3.05, 3.63) is 28.5 Å². The second-order valence-corrected chi connectivity index (χ2v) is 6.00. The summed E-state index contributed by atoms with van der Waals surface area (Å²) in [6.07, 6.45) is 7.16. The summed E-state index contributed by atoms with van der Waals surface area (Å²) in [6.45, 7) is 2.25. The average molecular weight is 298 g/mol. The molecular weight excluding hydrogens is 278 g/mol. The molecule has 0 aliphatic heterocycles. The van der Waals surface area contributed by atoms with Gasteiger partial charge in [0.15, 0.2) is 0 Å². The number of pyridine rings is 1. The number of aliphatic hydroxyl groups is 1. The predicted octanol–water partition coefficient (Wildman–Crippen LogP) is 3.57. The van der Waals surface area contributed by atoms with E-state index in [1.165, 1.54) is 25.7 Å². The van der Waals surface area contributed by atoms with Crippen LogP contribution in [0.25, 0.3) is 0 Å². The van der Waals surface area contributed by atoms with Crippen molar-refractivity contribution in [1.29, 1.82) is 0 Å². The molecule has 1 aliphatic carbocycles. The third-order valence-electron chi connectivity index (χ3n) is 3.91. The van der Waals surface area contributed by atoms with Crippen molar-refractivity contribution in [1.82, 2.24) is 4.98 Å². The van der Waals surface area contributed by atoms with Crippen molar-refractivity contribution < 1.29 is 5.11 Å². The van der Waals surface area contributed by atoms with Gasteiger partial charge in [-0.05, 0) is 52.7 Å². The molecule has 17 heavy (non-hydrogen) atoms. The first-order valence-electron chi connectivity index (χ1n) is 6.47. The summed E-state index contributed by atoms with van der Waals surface area (Å²) in [5.41, 5.74) is 0.987. The van der Waals surface area contributed by atoms with Crippen LogP contribution in [-0.2, 0) is 6.42 Å². The van der Waals surface area contributed by atoms with Gasteiger partial charge in [-0.2, -0.15) is 0 Å². The number of hydrogen-bond donors (Lipinski definition) is 1. The summed E-state index contributed by atoms with van der Waals surface area (Å²) in [7, 11) is 0. The van der Waals surface area contributed by atoms with Gasteiger partial charge in [0.05, 0.1) is 6.10 Å². The van der Waals surface area contributed by atoms with Crippen LogP contribution in [0.4, 0.5) is 0 Å². The smallest absolute Gasteiger partial charge is 0.0623 e. The first kappa shape index (κ1) is 13.0. The molecule has 1 heterocycles. The topological polar surface area (TPSA) is 33.1 Å². The van der Waals surface area contributed by atoms with E-state index in [0.717, 1.165) is 16.1 Å². The summed E-state index contributed by atoms with van der Waals surface area (Å²) < 4.78 is 0.989. The number of nitrogens with zero attached hydrogens (tertiary/aromatic N) is 1. The fraction of sp³-hybridized carbons (Fsp3) is 0.643. The van der Waals surface area contributed by atoms with Crippen molar-refractivity contribution >= 4 is 15.9 Å². The maximum atomic E-state index is 10.2. The summed E-state index contributed by atoms with van der Waals surface area (Å²) in [4.78, 5) is 4.32. The standard InChI is InChI=1S/C14H20BrNO/c1-2-10-3-4-11(7-10)14(17)8-13-6-5-12(15)9-16-13/h5-6,9-11,14,17H,2-4,7-8H2,1H3. The average Bonchev–Trinajstić information content (AvgIpc) is 2.81. The lowest BCUT2D eigenvalue weighted by Crippen LogP contribution is -2.21. The first-order valence-corrected chi connectivity index (χ1v) is 7.26. The van der Waals surface area contributed by atoms with Gasteiger partial charge in [0.2, 0.25) is 0 Å². The molecule has 3 atom stereocenters. The van der Waals surface area contributed by atoms with Crippen molar-refractivity contribution in [2.24, 2.45) is 11.8 Å². The lowest BCUT2D eigenvalue weighted by molar-refractivity contribution is 0.107. The molecular formula is C14H20BrNO. The number of rotatable bonds is 4. The zero-order valence-corrected chi connectivity index (χ0v) is 11.9. The fourth-order valence-electron chi connectivity index (χ4n) is 2.74. The van der Waals surface area contributed by atoms with Gasteiger partial charge < -0.3 is 5.11 Å².